The predicted molar refractivity (Wildman–Crippen MR) is 394 cm³/mol. The van der Waals surface area contributed by atoms with Gasteiger partial charge >= 0.3 is 11.9 Å². The maximum absolute atomic E-state index is 15.0. The number of aromatic nitrogens is 1. The van der Waals surface area contributed by atoms with Crippen molar-refractivity contribution in [3.63, 3.8) is 0 Å². The number of esters is 1. The van der Waals surface area contributed by atoms with Gasteiger partial charge in [0.25, 0.3) is 5.91 Å². The summed E-state index contributed by atoms with van der Waals surface area (Å²) < 4.78 is 5.89. The Bertz CT molecular complexity index is 3650. The summed E-state index contributed by atoms with van der Waals surface area (Å²) in [6.45, 7) is 6.97. The molecule has 0 bridgehead atoms. The van der Waals surface area contributed by atoms with Crippen LogP contribution in [0.1, 0.15) is 130 Å². The predicted octanol–water partition coefficient (Wildman–Crippen LogP) is -4.38. The average molecular weight is 1530 g/mol. The van der Waals surface area contributed by atoms with E-state index < -0.39 is 219 Å². The number of amides is 14. The number of aliphatic hydroxyl groups is 2. The second-order valence-electron chi connectivity index (χ2n) is 28.1. The molecule has 0 saturated carbocycles. The monoisotopic (exact) mass is 1530 g/mol. The molecule has 1 saturated heterocycles. The molecule has 2 heterocycles. The number of carbonyl (C=O) groups is 16. The van der Waals surface area contributed by atoms with Crippen molar-refractivity contribution in [2.75, 3.05) is 46.9 Å². The van der Waals surface area contributed by atoms with Gasteiger partial charge in [-0.3, -0.25) is 71.9 Å². The topological polar surface area (TPSA) is 590 Å². The van der Waals surface area contributed by atoms with Crippen LogP contribution in [0.15, 0.2) is 60.8 Å². The van der Waals surface area contributed by atoms with Crippen molar-refractivity contribution in [3.8, 4) is 0 Å². The van der Waals surface area contributed by atoms with Crippen molar-refractivity contribution < 1.29 is 96.8 Å². The normalized spacial score (nSPS) is 24.0. The average Bonchev–Trinajstić information content (AvgIpc) is 1.80. The van der Waals surface area contributed by atoms with Crippen LogP contribution in [0.2, 0.25) is 0 Å². The molecule has 0 aliphatic carbocycles. The summed E-state index contributed by atoms with van der Waals surface area (Å²) in [5.41, 5.74) is 24.5. The van der Waals surface area contributed by atoms with E-state index in [1.165, 1.54) is 14.1 Å². The van der Waals surface area contributed by atoms with Crippen LogP contribution in [0, 0.1) is 17.8 Å². The first-order valence-electron chi connectivity index (χ1n) is 36.3. The number of carboxylic acid groups (broad SMARTS) is 1. The fraction of sp³-hybridized carbons (Fsp3) is 0.583. The quantitative estimate of drug-likeness (QED) is 0.0338. The molecule has 2 aromatic carbocycles. The molecule has 1 aliphatic heterocycles. The Morgan fingerprint density at radius 2 is 0.982 bits per heavy atom. The fourth-order valence-corrected chi connectivity index (χ4v) is 12.0. The standard InChI is InChI=1S/C72H109N17O20/c1-38(2)17-14-24-55-70(106)87-53(37-91)68(104)84-51(33-57(76)93)67(103)86-52(36-90)61(97)78-35-58(94)88(7)54(30-41-18-10-9-11-19-41)69(105)85-48(29-39(3)4)64(100)79-45(22-15-27-73)62(98)80-46(25-26-59(95)96)63(99)83-50(32-56(75)92)66(102)82-49(31-42-34-77-44-21-13-12-20-43(42)44)65(101)81-47(23-16-28-74)71(107)89(8)60(40(5)6)72(108)109-55/h9-13,18-21,34,38-40,45-55,60,77,90-91H,14-17,22-33,35-37,73-74H2,1-8H3,(H2,75,92)(H2,76,93)(H,78,97)(H,79,100)(H,80,98)(H,81,101)(H,82,102)(H,83,99)(H,84,104)(H,85,105)(H,86,103)(H,87,106)(H,95,96)/t45-,46-,47+,48-,49+,50+,51?,52-,53-,54+,55?,60-/m0/s1. The van der Waals surface area contributed by atoms with Crippen molar-refractivity contribution in [3.05, 3.63) is 71.9 Å². The molecular weight excluding hydrogens is 1420 g/mol. The maximum atomic E-state index is 15.0. The molecule has 0 radical (unpaired) electrons. The Labute approximate surface area is 631 Å². The second-order valence-corrected chi connectivity index (χ2v) is 28.1. The van der Waals surface area contributed by atoms with Gasteiger partial charge in [-0.1, -0.05) is 96.5 Å². The minimum atomic E-state index is -1.97. The van der Waals surface area contributed by atoms with E-state index in [1.54, 1.807) is 88.5 Å². The summed E-state index contributed by atoms with van der Waals surface area (Å²) >= 11 is 0. The number of cyclic esters (lactones) is 1. The minimum Gasteiger partial charge on any atom is -0.481 e. The third-order valence-electron chi connectivity index (χ3n) is 18.0. The number of para-hydroxylation sites is 1. The van der Waals surface area contributed by atoms with Crippen molar-refractivity contribution >= 4 is 106 Å². The number of ether oxygens (including phenoxy) is 1. The molecular formula is C72H109N17O20. The fourth-order valence-electron chi connectivity index (χ4n) is 12.0. The number of H-pyrrole nitrogens is 1. The van der Waals surface area contributed by atoms with E-state index in [0.29, 0.717) is 28.5 Å². The Hall–Kier alpha value is -10.7. The summed E-state index contributed by atoms with van der Waals surface area (Å²) in [5, 5.41) is 55.6. The lowest BCUT2D eigenvalue weighted by molar-refractivity contribution is -0.166. The number of carbonyl (C=O) groups excluding carboxylic acids is 15. The van der Waals surface area contributed by atoms with Crippen LogP contribution in [0.4, 0.5) is 0 Å². The lowest BCUT2D eigenvalue weighted by Gasteiger charge is -2.34. The second kappa shape index (κ2) is 45.2. The van der Waals surface area contributed by atoms with E-state index in [4.69, 9.17) is 27.7 Å². The number of nitrogens with two attached hydrogens (primary N) is 4. The molecule has 2 unspecified atom stereocenters. The van der Waals surface area contributed by atoms with Crippen LogP contribution in [-0.4, -0.2) is 244 Å². The first-order valence-corrected chi connectivity index (χ1v) is 36.3. The van der Waals surface area contributed by atoms with Crippen LogP contribution in [0.3, 0.4) is 0 Å². The number of primary amides is 2. The molecule has 1 fully saturated rings. The number of rotatable bonds is 26. The van der Waals surface area contributed by atoms with Gasteiger partial charge < -0.3 is 111 Å². The van der Waals surface area contributed by atoms with E-state index in [1.807, 2.05) is 13.8 Å². The molecule has 4 rings (SSSR count). The Morgan fingerprint density at radius 1 is 0.514 bits per heavy atom. The molecule has 22 N–H and O–H groups in total. The first kappa shape index (κ1) is 90.7. The Morgan fingerprint density at radius 3 is 1.52 bits per heavy atom. The van der Waals surface area contributed by atoms with Gasteiger partial charge in [-0.2, -0.15) is 0 Å². The van der Waals surface area contributed by atoms with Gasteiger partial charge in [0.2, 0.25) is 76.8 Å². The van der Waals surface area contributed by atoms with Crippen molar-refractivity contribution in [1.82, 2.24) is 68.0 Å². The highest BCUT2D eigenvalue weighted by Gasteiger charge is 2.41. The highest BCUT2D eigenvalue weighted by molar-refractivity contribution is 6.01. The van der Waals surface area contributed by atoms with Crippen molar-refractivity contribution in [2.45, 2.75) is 204 Å². The zero-order valence-electron chi connectivity index (χ0n) is 62.9. The molecule has 109 heavy (non-hydrogen) atoms. The van der Waals surface area contributed by atoms with Crippen LogP contribution >= 0.6 is 0 Å². The largest absolute Gasteiger partial charge is 0.481 e. The number of nitrogens with one attached hydrogen (secondary N) is 11. The number of hydrogen-bond acceptors (Lipinski definition) is 21. The highest BCUT2D eigenvalue weighted by atomic mass is 16.6. The summed E-state index contributed by atoms with van der Waals surface area (Å²) in [5.74, 6) is -19.4. The van der Waals surface area contributed by atoms with Gasteiger partial charge in [0, 0.05) is 50.5 Å². The van der Waals surface area contributed by atoms with E-state index >= 15 is 4.79 Å². The molecule has 1 aromatic heterocycles. The van der Waals surface area contributed by atoms with Gasteiger partial charge in [-0.15, -0.1) is 0 Å². The smallest absolute Gasteiger partial charge is 0.329 e. The van der Waals surface area contributed by atoms with E-state index in [2.05, 4.69) is 58.2 Å². The number of nitrogens with zero attached hydrogens (tertiary/aromatic N) is 2. The summed E-state index contributed by atoms with van der Waals surface area (Å²) in [6.07, 6.45) is -3.96. The number of aliphatic carboxylic acids is 1. The molecule has 14 amide bonds. The van der Waals surface area contributed by atoms with Gasteiger partial charge in [-0.25, -0.2) is 4.79 Å². The van der Waals surface area contributed by atoms with Crippen molar-refractivity contribution in [1.29, 1.82) is 0 Å². The molecule has 12 atom stereocenters. The SMILES string of the molecule is CC(C)CCCC1OC(=O)[C@H](C(C)C)N(C)C(=O)[C@@H](CCCN)NC(=O)[C@@H](Cc2c[nH]c3ccccc23)NC(=O)[C@@H](CC(N)=O)NC(=O)[C@H](CCC(=O)O)NC(=O)[C@H](CCCN)NC(=O)[C@H](CC(C)C)NC(=O)[C@@H](Cc2ccccc2)N(C)C(=O)CNC(=O)[C@H](CO)NC(=O)C(CC(N)=O)NC(=O)[C@H](CO)NC1=O. The molecule has 1 aliphatic rings. The van der Waals surface area contributed by atoms with Crippen LogP contribution in [0.5, 0.6) is 0 Å². The minimum absolute atomic E-state index is 0.0290. The third kappa shape index (κ3) is 29.4. The lowest BCUT2D eigenvalue weighted by atomic mass is 9.99. The van der Waals surface area contributed by atoms with E-state index in [-0.39, 0.29) is 82.7 Å². The van der Waals surface area contributed by atoms with Crippen LogP contribution in [0.25, 0.3) is 10.9 Å². The number of carboxylic acids is 1. The number of aliphatic hydroxyl groups excluding tert-OH is 2. The van der Waals surface area contributed by atoms with E-state index in [9.17, 15) is 87.2 Å². The van der Waals surface area contributed by atoms with E-state index in [0.717, 1.165) is 9.80 Å². The number of fused-ring (bicyclic) bond motifs is 1. The molecule has 3 aromatic rings. The Kier molecular flexibility index (Phi) is 37.6. The summed E-state index contributed by atoms with van der Waals surface area (Å²) in [6, 6.07) is -3.83. The van der Waals surface area contributed by atoms with Gasteiger partial charge in [0.1, 0.15) is 66.5 Å². The molecule has 0 spiro atoms. The number of likely N-dealkylation sites (N-methyl/N-ethyl adjacent to an activating group) is 2. The summed E-state index contributed by atoms with van der Waals surface area (Å²) in [4.78, 5) is 231. The zero-order valence-corrected chi connectivity index (χ0v) is 62.9. The van der Waals surface area contributed by atoms with Crippen LogP contribution < -0.4 is 76.1 Å². The highest BCUT2D eigenvalue weighted by Crippen LogP contribution is 2.23. The van der Waals surface area contributed by atoms with Crippen LogP contribution in [-0.2, 0) is 94.3 Å². The molecule has 37 nitrogen and oxygen atoms in total. The first-order chi connectivity index (χ1) is 51.5. The Balaban J connectivity index is 1.93. The maximum Gasteiger partial charge on any atom is 0.329 e. The molecule has 37 heteroatoms. The van der Waals surface area contributed by atoms with Gasteiger partial charge in [0.05, 0.1) is 32.6 Å². The van der Waals surface area contributed by atoms with Gasteiger partial charge in [-0.05, 0) is 99.4 Å². The van der Waals surface area contributed by atoms with Crippen molar-refractivity contribution in [2.24, 2.45) is 40.7 Å². The number of aromatic amines is 1. The van der Waals surface area contributed by atoms with Gasteiger partial charge in [0.15, 0.2) is 6.10 Å². The lowest BCUT2D eigenvalue weighted by Crippen LogP contribution is -2.61. The third-order valence-corrected chi connectivity index (χ3v) is 18.0. The summed E-state index contributed by atoms with van der Waals surface area (Å²) in [7, 11) is 2.43. The molecule has 602 valence electrons. The number of benzene rings is 2. The zero-order chi connectivity index (χ0) is 81.4. The number of hydrogen-bond donors (Lipinski definition) is 18.